The van der Waals surface area contributed by atoms with Gasteiger partial charge in [0.25, 0.3) is 5.71 Å². The Morgan fingerprint density at radius 2 is 2.05 bits per heavy atom. The van der Waals surface area contributed by atoms with Crippen LogP contribution in [0.15, 0.2) is 41.2 Å². The van der Waals surface area contributed by atoms with Crippen LogP contribution in [0.1, 0.15) is 23.6 Å². The maximum Gasteiger partial charge on any atom is 0.263 e. The van der Waals surface area contributed by atoms with Crippen molar-refractivity contribution in [2.75, 3.05) is 18.0 Å². The molecule has 5 nitrogen and oxygen atoms in total. The monoisotopic (exact) mass is 280 g/mol. The number of anilines is 1. The molecule has 0 amide bonds. The summed E-state index contributed by atoms with van der Waals surface area (Å²) >= 11 is 0. The molecule has 2 aromatic heterocycles. The lowest BCUT2D eigenvalue weighted by Crippen LogP contribution is -2.20. The van der Waals surface area contributed by atoms with Gasteiger partial charge in [-0.05, 0) is 18.9 Å². The summed E-state index contributed by atoms with van der Waals surface area (Å²) < 4.78 is 5.23. The molecule has 0 unspecified atom stereocenters. The van der Waals surface area contributed by atoms with Gasteiger partial charge >= 0.3 is 0 Å². The lowest BCUT2D eigenvalue weighted by Gasteiger charge is -2.18. The number of benzene rings is 1. The van der Waals surface area contributed by atoms with Crippen LogP contribution in [0.4, 0.5) is 5.82 Å². The Labute approximate surface area is 122 Å². The molecule has 0 saturated carbocycles. The highest BCUT2D eigenvalue weighted by molar-refractivity contribution is 5.88. The van der Waals surface area contributed by atoms with Crippen LogP contribution in [0.25, 0.3) is 11.1 Å². The van der Waals surface area contributed by atoms with E-state index in [1.54, 1.807) is 6.33 Å². The smallest absolute Gasteiger partial charge is 0.263 e. The third-order valence-corrected chi connectivity index (χ3v) is 4.18. The molecule has 106 valence electrons. The fourth-order valence-corrected chi connectivity index (χ4v) is 3.09. The van der Waals surface area contributed by atoms with Crippen molar-refractivity contribution < 1.29 is 4.52 Å². The number of aromatic nitrogens is 3. The quantitative estimate of drug-likeness (QED) is 0.722. The summed E-state index contributed by atoms with van der Waals surface area (Å²) in [4.78, 5) is 10.9. The van der Waals surface area contributed by atoms with Gasteiger partial charge in [-0.1, -0.05) is 35.5 Å². The fourth-order valence-electron chi connectivity index (χ4n) is 3.09. The van der Waals surface area contributed by atoms with Crippen LogP contribution in [0.3, 0.4) is 0 Å². The summed E-state index contributed by atoms with van der Waals surface area (Å²) in [6, 6.07) is 10.7. The van der Waals surface area contributed by atoms with E-state index in [1.165, 1.54) is 5.56 Å². The van der Waals surface area contributed by atoms with Gasteiger partial charge in [-0.2, -0.15) is 4.98 Å². The van der Waals surface area contributed by atoms with E-state index in [1.807, 2.05) is 6.92 Å². The van der Waals surface area contributed by atoms with Crippen molar-refractivity contribution in [3.63, 3.8) is 0 Å². The van der Waals surface area contributed by atoms with E-state index in [0.717, 1.165) is 36.4 Å². The molecular formula is C16H16N4O. The first kappa shape index (κ1) is 12.3. The standard InChI is InChI=1S/C16H16N4O/c1-11-14-15(17-10-18-16(14)21-19-11)20-8-7-13(9-20)12-5-3-2-4-6-12/h2-6,10,13H,7-9H2,1H3/t13-/m0/s1. The Balaban J connectivity index is 1.67. The average Bonchev–Trinajstić information content (AvgIpc) is 3.16. The van der Waals surface area contributed by atoms with E-state index in [9.17, 15) is 0 Å². The van der Waals surface area contributed by atoms with E-state index >= 15 is 0 Å². The zero-order chi connectivity index (χ0) is 14.2. The van der Waals surface area contributed by atoms with Crippen LogP contribution >= 0.6 is 0 Å². The third kappa shape index (κ3) is 2.05. The summed E-state index contributed by atoms with van der Waals surface area (Å²) in [5, 5.41) is 4.94. The van der Waals surface area contributed by atoms with Gasteiger partial charge in [0.05, 0.1) is 5.69 Å². The first-order valence-corrected chi connectivity index (χ1v) is 7.20. The number of hydrogen-bond donors (Lipinski definition) is 0. The molecule has 0 spiro atoms. The first-order valence-electron chi connectivity index (χ1n) is 7.20. The second-order valence-corrected chi connectivity index (χ2v) is 5.49. The predicted octanol–water partition coefficient (Wildman–Crippen LogP) is 2.92. The predicted molar refractivity (Wildman–Crippen MR) is 80.3 cm³/mol. The van der Waals surface area contributed by atoms with Crippen molar-refractivity contribution >= 4 is 16.9 Å². The van der Waals surface area contributed by atoms with Crippen LogP contribution in [0.5, 0.6) is 0 Å². The van der Waals surface area contributed by atoms with Crippen molar-refractivity contribution in [1.82, 2.24) is 15.1 Å². The van der Waals surface area contributed by atoms with E-state index < -0.39 is 0 Å². The van der Waals surface area contributed by atoms with Crippen LogP contribution in [-0.2, 0) is 0 Å². The minimum absolute atomic E-state index is 0.552. The van der Waals surface area contributed by atoms with E-state index in [0.29, 0.717) is 11.6 Å². The molecule has 3 aromatic rings. The topological polar surface area (TPSA) is 55.1 Å². The van der Waals surface area contributed by atoms with Crippen molar-refractivity contribution in [1.29, 1.82) is 0 Å². The van der Waals surface area contributed by atoms with Gasteiger partial charge in [0, 0.05) is 19.0 Å². The number of hydrogen-bond acceptors (Lipinski definition) is 5. The summed E-state index contributed by atoms with van der Waals surface area (Å²) in [6.45, 7) is 3.90. The Kier molecular flexibility index (Phi) is 2.84. The number of aryl methyl sites for hydroxylation is 1. The van der Waals surface area contributed by atoms with Gasteiger partial charge in [0.1, 0.15) is 17.5 Å². The van der Waals surface area contributed by atoms with Gasteiger partial charge in [0.15, 0.2) is 0 Å². The zero-order valence-electron chi connectivity index (χ0n) is 11.9. The molecule has 1 aliphatic rings. The zero-order valence-corrected chi connectivity index (χ0v) is 11.9. The molecule has 5 heteroatoms. The van der Waals surface area contributed by atoms with Crippen molar-refractivity contribution in [3.8, 4) is 0 Å². The molecular weight excluding hydrogens is 264 g/mol. The number of rotatable bonds is 2. The number of nitrogens with zero attached hydrogens (tertiary/aromatic N) is 4. The molecule has 1 aliphatic heterocycles. The molecule has 1 aromatic carbocycles. The third-order valence-electron chi connectivity index (χ3n) is 4.18. The Hall–Kier alpha value is -2.43. The van der Waals surface area contributed by atoms with Crippen molar-refractivity contribution in [2.24, 2.45) is 0 Å². The highest BCUT2D eigenvalue weighted by Crippen LogP contribution is 2.33. The minimum atomic E-state index is 0.552. The Bertz CT molecular complexity index is 768. The molecule has 21 heavy (non-hydrogen) atoms. The highest BCUT2D eigenvalue weighted by Gasteiger charge is 2.27. The Morgan fingerprint density at radius 1 is 1.19 bits per heavy atom. The summed E-state index contributed by atoms with van der Waals surface area (Å²) in [6.07, 6.45) is 2.69. The second-order valence-electron chi connectivity index (χ2n) is 5.49. The molecule has 3 heterocycles. The normalized spacial score (nSPS) is 18.5. The fraction of sp³-hybridized carbons (Fsp3) is 0.312. The highest BCUT2D eigenvalue weighted by atomic mass is 16.5. The van der Waals surface area contributed by atoms with Crippen molar-refractivity contribution in [2.45, 2.75) is 19.3 Å². The van der Waals surface area contributed by atoms with Crippen LogP contribution in [0, 0.1) is 6.92 Å². The number of fused-ring (bicyclic) bond motifs is 1. The molecule has 1 atom stereocenters. The van der Waals surface area contributed by atoms with E-state index in [4.69, 9.17) is 4.52 Å². The Morgan fingerprint density at radius 3 is 2.90 bits per heavy atom. The summed E-state index contributed by atoms with van der Waals surface area (Å²) in [5.74, 6) is 1.49. The largest absolute Gasteiger partial charge is 0.355 e. The summed E-state index contributed by atoms with van der Waals surface area (Å²) in [7, 11) is 0. The molecule has 1 fully saturated rings. The van der Waals surface area contributed by atoms with Gasteiger partial charge in [-0.25, -0.2) is 4.98 Å². The van der Waals surface area contributed by atoms with Gasteiger partial charge in [-0.15, -0.1) is 0 Å². The minimum Gasteiger partial charge on any atom is -0.355 e. The van der Waals surface area contributed by atoms with Crippen molar-refractivity contribution in [3.05, 3.63) is 47.9 Å². The van der Waals surface area contributed by atoms with E-state index in [-0.39, 0.29) is 0 Å². The first-order chi connectivity index (χ1) is 10.3. The second kappa shape index (κ2) is 4.84. The SMILES string of the molecule is Cc1noc2ncnc(N3CC[C@H](c4ccccc4)C3)c12. The molecule has 0 aliphatic carbocycles. The van der Waals surface area contributed by atoms with Gasteiger partial charge < -0.3 is 9.42 Å². The maximum absolute atomic E-state index is 5.23. The average molecular weight is 280 g/mol. The van der Waals surface area contributed by atoms with Crippen LogP contribution in [-0.4, -0.2) is 28.2 Å². The molecule has 0 N–H and O–H groups in total. The lowest BCUT2D eigenvalue weighted by atomic mass is 9.99. The molecule has 1 saturated heterocycles. The van der Waals surface area contributed by atoms with Crippen LogP contribution < -0.4 is 4.90 Å². The van der Waals surface area contributed by atoms with Gasteiger partial charge in [0.2, 0.25) is 0 Å². The summed E-state index contributed by atoms with van der Waals surface area (Å²) in [5.41, 5.74) is 2.82. The maximum atomic E-state index is 5.23. The molecule has 0 radical (unpaired) electrons. The van der Waals surface area contributed by atoms with E-state index in [2.05, 4.69) is 50.4 Å². The molecule has 4 rings (SSSR count). The lowest BCUT2D eigenvalue weighted by molar-refractivity contribution is 0.442. The molecule has 0 bridgehead atoms. The van der Waals surface area contributed by atoms with Gasteiger partial charge in [-0.3, -0.25) is 0 Å². The van der Waals surface area contributed by atoms with Crippen LogP contribution in [0.2, 0.25) is 0 Å².